The van der Waals surface area contributed by atoms with E-state index in [9.17, 15) is 4.79 Å². The summed E-state index contributed by atoms with van der Waals surface area (Å²) in [6.45, 7) is 1.03. The fraction of sp³-hybridized carbons (Fsp3) is 0.692. The van der Waals surface area contributed by atoms with Crippen molar-refractivity contribution in [2.75, 3.05) is 6.54 Å². The Balaban J connectivity index is 1.99. The highest BCUT2D eigenvalue weighted by molar-refractivity contribution is 5.20. The van der Waals surface area contributed by atoms with Crippen molar-refractivity contribution in [1.29, 1.82) is 0 Å². The molecule has 92 valence electrons. The van der Waals surface area contributed by atoms with Gasteiger partial charge in [-0.05, 0) is 45.1 Å². The molecule has 1 atom stereocenters. The van der Waals surface area contributed by atoms with Gasteiger partial charge in [0.2, 0.25) is 0 Å². The van der Waals surface area contributed by atoms with E-state index in [1.54, 1.807) is 0 Å². The van der Waals surface area contributed by atoms with Crippen molar-refractivity contribution in [3.05, 3.63) is 27.4 Å². The number of aryl methyl sites for hydroxylation is 1. The highest BCUT2D eigenvalue weighted by Crippen LogP contribution is 2.21. The number of aromatic amines is 1. The average Bonchev–Trinajstić information content (AvgIpc) is 2.75. The molecule has 2 heterocycles. The van der Waals surface area contributed by atoms with Gasteiger partial charge in [0.05, 0.1) is 11.7 Å². The molecule has 1 unspecified atom stereocenters. The van der Waals surface area contributed by atoms with Crippen molar-refractivity contribution in [3.8, 4) is 0 Å². The van der Waals surface area contributed by atoms with E-state index in [2.05, 4.69) is 10.3 Å². The normalized spacial score (nSPS) is 24.4. The van der Waals surface area contributed by atoms with Crippen LogP contribution in [0, 0.1) is 0 Å². The monoisotopic (exact) mass is 233 g/mol. The summed E-state index contributed by atoms with van der Waals surface area (Å²) in [6.07, 6.45) is 7.63. The van der Waals surface area contributed by atoms with E-state index in [-0.39, 0.29) is 11.6 Å². The molecule has 4 nitrogen and oxygen atoms in total. The number of hydrogen-bond acceptors (Lipinski definition) is 3. The van der Waals surface area contributed by atoms with E-state index in [4.69, 9.17) is 4.98 Å². The Morgan fingerprint density at radius 1 is 1.12 bits per heavy atom. The number of rotatable bonds is 1. The number of nitrogens with zero attached hydrogens (tertiary/aromatic N) is 1. The van der Waals surface area contributed by atoms with Crippen molar-refractivity contribution in [3.63, 3.8) is 0 Å². The lowest BCUT2D eigenvalue weighted by Crippen LogP contribution is -2.24. The van der Waals surface area contributed by atoms with E-state index in [1.165, 1.54) is 19.3 Å². The molecule has 1 aromatic rings. The Bertz CT molecular complexity index is 460. The molecule has 1 aromatic heterocycles. The molecule has 1 fully saturated rings. The van der Waals surface area contributed by atoms with Crippen LogP contribution in [-0.4, -0.2) is 16.5 Å². The third-order valence-corrected chi connectivity index (χ3v) is 3.85. The zero-order valence-corrected chi connectivity index (χ0v) is 10.1. The summed E-state index contributed by atoms with van der Waals surface area (Å²) >= 11 is 0. The quantitative estimate of drug-likeness (QED) is 0.722. The summed E-state index contributed by atoms with van der Waals surface area (Å²) < 4.78 is 0. The van der Waals surface area contributed by atoms with Crippen molar-refractivity contribution in [2.45, 2.75) is 51.0 Å². The maximum absolute atomic E-state index is 12.1. The van der Waals surface area contributed by atoms with Gasteiger partial charge in [-0.3, -0.25) is 4.79 Å². The Labute approximate surface area is 101 Å². The van der Waals surface area contributed by atoms with Crippen LogP contribution in [0.1, 0.15) is 55.2 Å². The second kappa shape index (κ2) is 4.61. The van der Waals surface area contributed by atoms with Gasteiger partial charge in [-0.15, -0.1) is 0 Å². The Kier molecular flexibility index (Phi) is 2.97. The molecule has 2 N–H and O–H groups in total. The first kappa shape index (κ1) is 11.0. The first-order valence-electron chi connectivity index (χ1n) is 6.70. The molecule has 1 aliphatic carbocycles. The van der Waals surface area contributed by atoms with Crippen LogP contribution in [0.25, 0.3) is 0 Å². The predicted octanol–water partition coefficient (Wildman–Crippen LogP) is 1.46. The largest absolute Gasteiger partial charge is 0.309 e. The zero-order valence-electron chi connectivity index (χ0n) is 10.1. The SMILES string of the molecule is O=c1[nH]c(C2CCCN2)nc2c1CCCCC2. The summed E-state index contributed by atoms with van der Waals surface area (Å²) in [4.78, 5) is 19.7. The van der Waals surface area contributed by atoms with Gasteiger partial charge in [-0.1, -0.05) is 6.42 Å². The minimum Gasteiger partial charge on any atom is -0.309 e. The number of fused-ring (bicyclic) bond motifs is 1. The molecular weight excluding hydrogens is 214 g/mol. The first-order valence-corrected chi connectivity index (χ1v) is 6.70. The molecule has 0 radical (unpaired) electrons. The molecule has 3 rings (SSSR count). The molecule has 0 aromatic carbocycles. The van der Waals surface area contributed by atoms with Crippen LogP contribution in [0.2, 0.25) is 0 Å². The minimum atomic E-state index is 0.0978. The smallest absolute Gasteiger partial charge is 0.254 e. The fourth-order valence-corrected chi connectivity index (χ4v) is 2.88. The van der Waals surface area contributed by atoms with Gasteiger partial charge < -0.3 is 10.3 Å². The van der Waals surface area contributed by atoms with Gasteiger partial charge in [0.15, 0.2) is 0 Å². The maximum Gasteiger partial charge on any atom is 0.254 e. The van der Waals surface area contributed by atoms with E-state index < -0.39 is 0 Å². The molecular formula is C13H19N3O. The van der Waals surface area contributed by atoms with Gasteiger partial charge in [0, 0.05) is 5.56 Å². The summed E-state index contributed by atoms with van der Waals surface area (Å²) in [6, 6.07) is 0.260. The lowest BCUT2D eigenvalue weighted by atomic mass is 10.1. The third-order valence-electron chi connectivity index (χ3n) is 3.85. The lowest BCUT2D eigenvalue weighted by Gasteiger charge is -2.12. The van der Waals surface area contributed by atoms with E-state index in [0.717, 1.165) is 49.3 Å². The third kappa shape index (κ3) is 2.14. The standard InChI is InChI=1S/C13H19N3O/c17-13-9-5-2-1-3-6-10(9)15-12(16-13)11-7-4-8-14-11/h11,14H,1-8H2,(H,15,16,17). The molecule has 1 aliphatic heterocycles. The summed E-state index contributed by atoms with van der Waals surface area (Å²) in [5, 5.41) is 3.39. The van der Waals surface area contributed by atoms with E-state index >= 15 is 0 Å². The van der Waals surface area contributed by atoms with Gasteiger partial charge in [-0.2, -0.15) is 0 Å². The summed E-state index contributed by atoms with van der Waals surface area (Å²) in [5.41, 5.74) is 2.08. The molecule has 0 amide bonds. The molecule has 2 aliphatic rings. The number of aromatic nitrogens is 2. The van der Waals surface area contributed by atoms with Crippen LogP contribution in [-0.2, 0) is 12.8 Å². The minimum absolute atomic E-state index is 0.0978. The van der Waals surface area contributed by atoms with Crippen molar-refractivity contribution >= 4 is 0 Å². The molecule has 4 heteroatoms. The predicted molar refractivity (Wildman–Crippen MR) is 66.1 cm³/mol. The lowest BCUT2D eigenvalue weighted by molar-refractivity contribution is 0.594. The van der Waals surface area contributed by atoms with Crippen LogP contribution in [0.4, 0.5) is 0 Å². The molecule has 17 heavy (non-hydrogen) atoms. The molecule has 1 saturated heterocycles. The van der Waals surface area contributed by atoms with Gasteiger partial charge in [0.1, 0.15) is 5.82 Å². The average molecular weight is 233 g/mol. The van der Waals surface area contributed by atoms with E-state index in [1.807, 2.05) is 0 Å². The topological polar surface area (TPSA) is 57.8 Å². The van der Waals surface area contributed by atoms with Gasteiger partial charge >= 0.3 is 0 Å². The van der Waals surface area contributed by atoms with Crippen LogP contribution >= 0.6 is 0 Å². The number of hydrogen-bond donors (Lipinski definition) is 2. The van der Waals surface area contributed by atoms with Crippen LogP contribution in [0.15, 0.2) is 4.79 Å². The van der Waals surface area contributed by atoms with Gasteiger partial charge in [-0.25, -0.2) is 4.98 Å². The Hall–Kier alpha value is -1.16. The van der Waals surface area contributed by atoms with Gasteiger partial charge in [0.25, 0.3) is 5.56 Å². The summed E-state index contributed by atoms with van der Waals surface area (Å²) in [7, 11) is 0. The second-order valence-electron chi connectivity index (χ2n) is 5.09. The number of nitrogens with one attached hydrogen (secondary N) is 2. The van der Waals surface area contributed by atoms with Crippen molar-refractivity contribution in [2.24, 2.45) is 0 Å². The van der Waals surface area contributed by atoms with E-state index in [0.29, 0.717) is 0 Å². The first-order chi connectivity index (χ1) is 8.34. The summed E-state index contributed by atoms with van der Waals surface area (Å²) in [5.74, 6) is 0.855. The second-order valence-corrected chi connectivity index (χ2v) is 5.09. The Morgan fingerprint density at radius 3 is 2.82 bits per heavy atom. The maximum atomic E-state index is 12.1. The number of H-pyrrole nitrogens is 1. The molecule has 0 bridgehead atoms. The molecule has 0 spiro atoms. The van der Waals surface area contributed by atoms with Crippen LogP contribution < -0.4 is 10.9 Å². The van der Waals surface area contributed by atoms with Crippen molar-refractivity contribution < 1.29 is 0 Å². The zero-order chi connectivity index (χ0) is 11.7. The highest BCUT2D eigenvalue weighted by atomic mass is 16.1. The Morgan fingerprint density at radius 2 is 2.00 bits per heavy atom. The molecule has 0 saturated carbocycles. The van der Waals surface area contributed by atoms with Crippen molar-refractivity contribution in [1.82, 2.24) is 15.3 Å². The fourth-order valence-electron chi connectivity index (χ4n) is 2.88. The van der Waals surface area contributed by atoms with Crippen LogP contribution in [0.3, 0.4) is 0 Å². The van der Waals surface area contributed by atoms with Crippen LogP contribution in [0.5, 0.6) is 0 Å². The highest BCUT2D eigenvalue weighted by Gasteiger charge is 2.21.